The van der Waals surface area contributed by atoms with Crippen molar-refractivity contribution >= 4 is 23.9 Å². The number of carbonyl (C=O) groups is 3. The fraction of sp³-hybridized carbons (Fsp3) is 0.571. The zero-order valence-corrected chi connectivity index (χ0v) is 12.1. The lowest BCUT2D eigenvalue weighted by atomic mass is 9.77. The molecule has 1 aliphatic rings. The molecule has 0 bridgehead atoms. The highest BCUT2D eigenvalue weighted by molar-refractivity contribution is 6.14. The van der Waals surface area contributed by atoms with Gasteiger partial charge in [0.05, 0.1) is 5.57 Å². The van der Waals surface area contributed by atoms with E-state index in [1.165, 1.54) is 0 Å². The standard InChI is InChI=1S/C14H20N2O5/c1-14(2)5-10(17)8(11(18)6-14)7-16-9(13(20)21)3-4-12(15)19/h7,9,17H,3-6H2,1-2H3,(H2,15,19)(H,20,21)/t9-/m1/s1. The van der Waals surface area contributed by atoms with Gasteiger partial charge in [0.25, 0.3) is 0 Å². The van der Waals surface area contributed by atoms with E-state index in [4.69, 9.17) is 10.8 Å². The Morgan fingerprint density at radius 2 is 2.05 bits per heavy atom. The smallest absolute Gasteiger partial charge is 0.328 e. The van der Waals surface area contributed by atoms with Crippen molar-refractivity contribution in [2.75, 3.05) is 0 Å². The van der Waals surface area contributed by atoms with Crippen molar-refractivity contribution in [2.45, 2.75) is 45.6 Å². The van der Waals surface area contributed by atoms with E-state index >= 15 is 0 Å². The lowest BCUT2D eigenvalue weighted by Crippen LogP contribution is -2.27. The lowest BCUT2D eigenvalue weighted by Gasteiger charge is -2.28. The van der Waals surface area contributed by atoms with E-state index in [1.54, 1.807) is 0 Å². The van der Waals surface area contributed by atoms with Gasteiger partial charge in [-0.3, -0.25) is 14.6 Å². The van der Waals surface area contributed by atoms with E-state index in [-0.39, 0.29) is 41.8 Å². The quantitative estimate of drug-likeness (QED) is 0.629. The second-order valence-electron chi connectivity index (χ2n) is 5.94. The molecule has 1 atom stereocenters. The Labute approximate surface area is 122 Å². The van der Waals surface area contributed by atoms with Crippen molar-refractivity contribution in [3.63, 3.8) is 0 Å². The molecule has 21 heavy (non-hydrogen) atoms. The van der Waals surface area contributed by atoms with Gasteiger partial charge in [-0.15, -0.1) is 0 Å². The molecule has 1 rings (SSSR count). The Morgan fingerprint density at radius 3 is 2.52 bits per heavy atom. The Hall–Kier alpha value is -2.18. The molecule has 0 aromatic carbocycles. The first kappa shape index (κ1) is 16.9. The van der Waals surface area contributed by atoms with E-state index in [9.17, 15) is 19.5 Å². The van der Waals surface area contributed by atoms with Gasteiger partial charge >= 0.3 is 5.97 Å². The van der Waals surface area contributed by atoms with Crippen LogP contribution in [0.15, 0.2) is 16.3 Å². The number of carboxylic acids is 1. The van der Waals surface area contributed by atoms with Crippen LogP contribution in [0, 0.1) is 5.41 Å². The van der Waals surface area contributed by atoms with E-state index in [2.05, 4.69) is 4.99 Å². The van der Waals surface area contributed by atoms with Crippen LogP contribution in [-0.4, -0.2) is 40.1 Å². The van der Waals surface area contributed by atoms with Gasteiger partial charge in [0, 0.05) is 25.5 Å². The Bertz CT molecular complexity index is 519. The number of aliphatic hydroxyl groups excluding tert-OH is 1. The first-order valence-corrected chi connectivity index (χ1v) is 6.62. The molecule has 4 N–H and O–H groups in total. The first-order valence-electron chi connectivity index (χ1n) is 6.62. The predicted molar refractivity (Wildman–Crippen MR) is 76.0 cm³/mol. The third-order valence-corrected chi connectivity index (χ3v) is 3.23. The molecule has 0 aromatic rings. The highest BCUT2D eigenvalue weighted by Crippen LogP contribution is 2.35. The number of nitrogens with two attached hydrogens (primary N) is 1. The molecule has 1 amide bonds. The van der Waals surface area contributed by atoms with Crippen LogP contribution in [0.5, 0.6) is 0 Å². The summed E-state index contributed by atoms with van der Waals surface area (Å²) >= 11 is 0. The SMILES string of the molecule is CC1(C)CC(=O)C(C=N[C@H](CCC(N)=O)C(=O)O)=C(O)C1. The maximum Gasteiger partial charge on any atom is 0.328 e. The number of carboxylic acid groups (broad SMARTS) is 1. The summed E-state index contributed by atoms with van der Waals surface area (Å²) in [6, 6.07) is -1.17. The van der Waals surface area contributed by atoms with E-state index < -0.39 is 17.9 Å². The van der Waals surface area contributed by atoms with Crippen LogP contribution in [0.1, 0.15) is 39.5 Å². The van der Waals surface area contributed by atoms with Crippen LogP contribution in [0.25, 0.3) is 0 Å². The van der Waals surface area contributed by atoms with Crippen LogP contribution in [0.4, 0.5) is 0 Å². The van der Waals surface area contributed by atoms with E-state index in [1.807, 2.05) is 13.8 Å². The number of aliphatic carboxylic acids is 1. The summed E-state index contributed by atoms with van der Waals surface area (Å²) in [6.45, 7) is 3.73. The molecule has 1 aliphatic carbocycles. The van der Waals surface area contributed by atoms with Crippen molar-refractivity contribution < 1.29 is 24.6 Å². The minimum absolute atomic E-state index is 0.0413. The number of aliphatic hydroxyl groups is 1. The molecule has 0 heterocycles. The second-order valence-corrected chi connectivity index (χ2v) is 5.94. The van der Waals surface area contributed by atoms with E-state index in [0.29, 0.717) is 6.42 Å². The minimum Gasteiger partial charge on any atom is -0.511 e. The molecular weight excluding hydrogens is 276 g/mol. The average Bonchev–Trinajstić information content (AvgIpc) is 2.29. The molecule has 0 saturated heterocycles. The van der Waals surface area contributed by atoms with Gasteiger partial charge in [-0.1, -0.05) is 13.8 Å². The van der Waals surface area contributed by atoms with Crippen molar-refractivity contribution in [2.24, 2.45) is 16.1 Å². The second kappa shape index (κ2) is 6.51. The van der Waals surface area contributed by atoms with E-state index in [0.717, 1.165) is 6.21 Å². The zero-order valence-electron chi connectivity index (χ0n) is 12.1. The molecule has 0 saturated carbocycles. The van der Waals surface area contributed by atoms with Gasteiger partial charge < -0.3 is 15.9 Å². The summed E-state index contributed by atoms with van der Waals surface area (Å²) in [4.78, 5) is 37.4. The number of ketones is 1. The number of aliphatic imine (C=N–C) groups is 1. The number of carbonyl (C=O) groups excluding carboxylic acids is 2. The minimum atomic E-state index is -1.21. The van der Waals surface area contributed by atoms with Crippen molar-refractivity contribution in [3.8, 4) is 0 Å². The summed E-state index contributed by atoms with van der Waals surface area (Å²) in [6.07, 6.45) is 1.53. The topological polar surface area (TPSA) is 130 Å². The highest BCUT2D eigenvalue weighted by atomic mass is 16.4. The zero-order chi connectivity index (χ0) is 16.2. The number of allylic oxidation sites excluding steroid dienone is 2. The van der Waals surface area contributed by atoms with Gasteiger partial charge in [0.1, 0.15) is 11.8 Å². The predicted octanol–water partition coefficient (Wildman–Crippen LogP) is 0.977. The van der Waals surface area contributed by atoms with Gasteiger partial charge in [-0.2, -0.15) is 0 Å². The van der Waals surface area contributed by atoms with Crippen LogP contribution in [-0.2, 0) is 14.4 Å². The molecule has 116 valence electrons. The molecule has 7 nitrogen and oxygen atoms in total. The monoisotopic (exact) mass is 296 g/mol. The molecule has 0 unspecified atom stereocenters. The largest absolute Gasteiger partial charge is 0.511 e. The summed E-state index contributed by atoms with van der Waals surface area (Å²) in [7, 11) is 0. The normalized spacial score (nSPS) is 19.8. The number of hydrogen-bond acceptors (Lipinski definition) is 5. The van der Waals surface area contributed by atoms with Gasteiger partial charge in [-0.05, 0) is 11.8 Å². The lowest BCUT2D eigenvalue weighted by molar-refractivity contribution is -0.138. The van der Waals surface area contributed by atoms with Crippen molar-refractivity contribution in [1.82, 2.24) is 0 Å². The molecule has 0 aromatic heterocycles. The number of amides is 1. The molecule has 0 aliphatic heterocycles. The number of rotatable bonds is 6. The first-order chi connectivity index (χ1) is 9.62. The summed E-state index contributed by atoms with van der Waals surface area (Å²) < 4.78 is 0. The summed E-state index contributed by atoms with van der Waals surface area (Å²) in [5.74, 6) is -2.18. The maximum atomic E-state index is 11.9. The molecule has 0 fully saturated rings. The Kier molecular flexibility index (Phi) is 5.23. The molecular formula is C14H20N2O5. The van der Waals surface area contributed by atoms with Gasteiger partial charge in [0.2, 0.25) is 5.91 Å². The molecule has 0 radical (unpaired) electrons. The number of nitrogens with zero attached hydrogens (tertiary/aromatic N) is 1. The third-order valence-electron chi connectivity index (χ3n) is 3.23. The Morgan fingerprint density at radius 1 is 1.43 bits per heavy atom. The number of Topliss-reactive ketones (excluding diaryl/α,β-unsaturated/α-hetero) is 1. The van der Waals surface area contributed by atoms with Gasteiger partial charge in [-0.25, -0.2) is 4.79 Å². The fourth-order valence-electron chi connectivity index (χ4n) is 2.15. The number of primary amides is 1. The average molecular weight is 296 g/mol. The third kappa shape index (κ3) is 5.02. The van der Waals surface area contributed by atoms with Crippen LogP contribution in [0.3, 0.4) is 0 Å². The Balaban J connectivity index is 2.88. The van der Waals surface area contributed by atoms with Crippen LogP contribution in [0.2, 0.25) is 0 Å². The molecule has 7 heteroatoms. The van der Waals surface area contributed by atoms with Crippen molar-refractivity contribution in [3.05, 3.63) is 11.3 Å². The highest BCUT2D eigenvalue weighted by Gasteiger charge is 2.32. The molecule has 0 spiro atoms. The fourth-order valence-corrected chi connectivity index (χ4v) is 2.15. The van der Waals surface area contributed by atoms with Crippen LogP contribution < -0.4 is 5.73 Å². The summed E-state index contributed by atoms with van der Waals surface area (Å²) in [5.41, 5.74) is 4.69. The van der Waals surface area contributed by atoms with Crippen LogP contribution >= 0.6 is 0 Å². The van der Waals surface area contributed by atoms with Gasteiger partial charge in [0.15, 0.2) is 5.78 Å². The maximum absolute atomic E-state index is 11.9. The summed E-state index contributed by atoms with van der Waals surface area (Å²) in [5, 5.41) is 18.9. The van der Waals surface area contributed by atoms with Crippen molar-refractivity contribution in [1.29, 1.82) is 0 Å². The number of hydrogen-bond donors (Lipinski definition) is 3.